The van der Waals surface area contributed by atoms with Crippen LogP contribution in [0.25, 0.3) is 48.7 Å². The molecule has 5 aromatic rings. The van der Waals surface area contributed by atoms with Crippen molar-refractivity contribution in [1.29, 1.82) is 0 Å². The number of aliphatic hydroxyl groups is 1. The highest BCUT2D eigenvalue weighted by Gasteiger charge is 2.21. The Morgan fingerprint density at radius 2 is 1.89 bits per heavy atom. The van der Waals surface area contributed by atoms with E-state index in [1.807, 2.05) is 38.1 Å². The summed E-state index contributed by atoms with van der Waals surface area (Å²) in [5.74, 6) is -0.240. The number of halogens is 1. The molecule has 2 aromatic carbocycles. The summed E-state index contributed by atoms with van der Waals surface area (Å²) in [6, 6.07) is 14.0. The standard InChI is InChI=1S/C31H29ClN4O2S.C4H10O/c1-4-38-27(37)16-22-18(2)15-25-30(28(22)20-5-7-21(32)8-6-20)39-31(35-25)24-9-10-26-29(34-24)23(17-36(26)3)19-11-13-33-14-12-19;1-4(2,3)5/h5-11,15,17,33H,4,12-14,16H2,1-3H3;5H,1-3H3. The van der Waals surface area contributed by atoms with E-state index in [0.717, 1.165) is 73.7 Å². The quantitative estimate of drug-likeness (QED) is 0.187. The fourth-order valence-corrected chi connectivity index (χ4v) is 6.56. The van der Waals surface area contributed by atoms with Crippen LogP contribution in [-0.2, 0) is 23.0 Å². The van der Waals surface area contributed by atoms with E-state index < -0.39 is 5.60 Å². The topological polar surface area (TPSA) is 89.3 Å². The number of carbonyl (C=O) groups is 1. The van der Waals surface area contributed by atoms with Gasteiger partial charge in [-0.05, 0) is 100 Å². The minimum atomic E-state index is -0.500. The van der Waals surface area contributed by atoms with Gasteiger partial charge in [0.2, 0.25) is 0 Å². The van der Waals surface area contributed by atoms with Crippen LogP contribution < -0.4 is 5.32 Å². The maximum Gasteiger partial charge on any atom is 0.310 e. The van der Waals surface area contributed by atoms with Gasteiger partial charge < -0.3 is 19.7 Å². The molecule has 7 nitrogen and oxygen atoms in total. The summed E-state index contributed by atoms with van der Waals surface area (Å²) < 4.78 is 8.48. The zero-order valence-electron chi connectivity index (χ0n) is 26.1. The maximum atomic E-state index is 12.6. The number of benzene rings is 2. The maximum absolute atomic E-state index is 12.6. The third-order valence-corrected chi connectivity index (χ3v) is 8.59. The molecule has 0 spiro atoms. The van der Waals surface area contributed by atoms with Crippen LogP contribution in [0.1, 0.15) is 50.8 Å². The van der Waals surface area contributed by atoms with Crippen molar-refractivity contribution in [1.82, 2.24) is 19.9 Å². The summed E-state index contributed by atoms with van der Waals surface area (Å²) in [5.41, 5.74) is 9.80. The molecule has 0 unspecified atom stereocenters. The van der Waals surface area contributed by atoms with Crippen LogP contribution in [0.3, 0.4) is 0 Å². The molecule has 9 heteroatoms. The van der Waals surface area contributed by atoms with Gasteiger partial charge in [-0.25, -0.2) is 9.97 Å². The van der Waals surface area contributed by atoms with Gasteiger partial charge in [0.15, 0.2) is 0 Å². The Morgan fingerprint density at radius 3 is 2.55 bits per heavy atom. The van der Waals surface area contributed by atoms with E-state index in [1.54, 1.807) is 32.1 Å². The molecule has 0 atom stereocenters. The molecule has 6 rings (SSSR count). The molecule has 44 heavy (non-hydrogen) atoms. The van der Waals surface area contributed by atoms with E-state index in [4.69, 9.17) is 31.4 Å². The summed E-state index contributed by atoms with van der Waals surface area (Å²) in [4.78, 5) is 22.8. The first-order valence-corrected chi connectivity index (χ1v) is 16.1. The largest absolute Gasteiger partial charge is 0.466 e. The molecule has 230 valence electrons. The van der Waals surface area contributed by atoms with Gasteiger partial charge in [0.05, 0.1) is 45.6 Å². The van der Waals surface area contributed by atoms with Crippen molar-refractivity contribution in [3.8, 4) is 21.8 Å². The van der Waals surface area contributed by atoms with Crippen molar-refractivity contribution in [2.45, 2.75) is 53.1 Å². The van der Waals surface area contributed by atoms with E-state index in [1.165, 1.54) is 11.1 Å². The lowest BCUT2D eigenvalue weighted by atomic mass is 9.93. The summed E-state index contributed by atoms with van der Waals surface area (Å²) in [7, 11) is 2.07. The molecule has 0 bridgehead atoms. The van der Waals surface area contributed by atoms with Crippen molar-refractivity contribution in [2.75, 3.05) is 19.7 Å². The zero-order valence-corrected chi connectivity index (χ0v) is 27.7. The second-order valence-electron chi connectivity index (χ2n) is 12.0. The second-order valence-corrected chi connectivity index (χ2v) is 13.4. The van der Waals surface area contributed by atoms with Crippen molar-refractivity contribution < 1.29 is 14.6 Å². The first kappa shape index (κ1) is 31.9. The van der Waals surface area contributed by atoms with E-state index in [0.29, 0.717) is 11.6 Å². The van der Waals surface area contributed by atoms with Gasteiger partial charge in [-0.3, -0.25) is 4.79 Å². The first-order valence-electron chi connectivity index (χ1n) is 14.9. The van der Waals surface area contributed by atoms with Crippen LogP contribution in [-0.4, -0.2) is 50.9 Å². The summed E-state index contributed by atoms with van der Waals surface area (Å²) in [5, 5.41) is 13.4. The molecule has 0 saturated heterocycles. The number of aryl methyl sites for hydroxylation is 2. The number of rotatable bonds is 6. The van der Waals surface area contributed by atoms with E-state index >= 15 is 0 Å². The van der Waals surface area contributed by atoms with Crippen molar-refractivity contribution in [3.05, 3.63) is 76.5 Å². The van der Waals surface area contributed by atoms with Gasteiger partial charge >= 0.3 is 5.97 Å². The number of fused-ring (bicyclic) bond motifs is 2. The number of nitrogens with zero attached hydrogens (tertiary/aromatic N) is 3. The van der Waals surface area contributed by atoms with E-state index in [2.05, 4.69) is 47.4 Å². The number of esters is 1. The van der Waals surface area contributed by atoms with Crippen LogP contribution in [0, 0.1) is 6.92 Å². The Labute approximate surface area is 267 Å². The molecule has 0 saturated carbocycles. The van der Waals surface area contributed by atoms with Crippen molar-refractivity contribution >= 4 is 55.7 Å². The number of hydrogen-bond acceptors (Lipinski definition) is 7. The SMILES string of the molecule is CC(C)(C)O.CCOC(=O)Cc1c(C)cc2nc(-c3ccc4c(n3)c(C3=CCNCC3)cn4C)sc2c1-c1ccc(Cl)cc1. The van der Waals surface area contributed by atoms with Crippen LogP contribution >= 0.6 is 22.9 Å². The Hall–Kier alpha value is -3.56. The van der Waals surface area contributed by atoms with Gasteiger partial charge in [-0.1, -0.05) is 29.8 Å². The molecular formula is C35H39ClN4O3S. The molecular weight excluding hydrogens is 592 g/mol. The third kappa shape index (κ3) is 7.21. The van der Waals surface area contributed by atoms with Gasteiger partial charge in [0, 0.05) is 35.9 Å². The van der Waals surface area contributed by atoms with Gasteiger partial charge in [-0.2, -0.15) is 0 Å². The number of thiazole rings is 1. The highest BCUT2D eigenvalue weighted by atomic mass is 35.5. The first-order chi connectivity index (χ1) is 20.9. The Morgan fingerprint density at radius 1 is 1.16 bits per heavy atom. The van der Waals surface area contributed by atoms with E-state index in [-0.39, 0.29) is 12.4 Å². The van der Waals surface area contributed by atoms with E-state index in [9.17, 15) is 4.79 Å². The fraction of sp³-hybridized carbons (Fsp3) is 0.343. The molecule has 2 N–H and O–H groups in total. The van der Waals surface area contributed by atoms with Crippen LogP contribution in [0.15, 0.2) is 54.7 Å². The van der Waals surface area contributed by atoms with Crippen molar-refractivity contribution in [2.24, 2.45) is 7.05 Å². The molecule has 3 aromatic heterocycles. The number of carbonyl (C=O) groups excluding carboxylic acids is 1. The minimum absolute atomic E-state index is 0.197. The monoisotopic (exact) mass is 630 g/mol. The second kappa shape index (κ2) is 13.2. The molecule has 1 aliphatic rings. The van der Waals surface area contributed by atoms with Gasteiger partial charge in [0.1, 0.15) is 5.01 Å². The van der Waals surface area contributed by atoms with Crippen LogP contribution in [0.2, 0.25) is 5.02 Å². The number of ether oxygens (including phenoxy) is 1. The van der Waals surface area contributed by atoms with Crippen LogP contribution in [0.4, 0.5) is 0 Å². The molecule has 0 radical (unpaired) electrons. The Kier molecular flexibility index (Phi) is 9.56. The predicted molar refractivity (Wildman–Crippen MR) is 182 cm³/mol. The van der Waals surface area contributed by atoms with Gasteiger partial charge in [0.25, 0.3) is 0 Å². The number of pyridine rings is 1. The smallest absolute Gasteiger partial charge is 0.310 e. The molecule has 1 aliphatic heterocycles. The molecule has 0 fully saturated rings. The Bertz CT molecular complexity index is 1840. The lowest BCUT2D eigenvalue weighted by Gasteiger charge is -2.14. The highest BCUT2D eigenvalue weighted by Crippen LogP contribution is 2.41. The number of hydrogen-bond donors (Lipinski definition) is 2. The lowest BCUT2D eigenvalue weighted by Crippen LogP contribution is -2.19. The number of nitrogens with one attached hydrogen (secondary N) is 1. The average molecular weight is 631 g/mol. The summed E-state index contributed by atoms with van der Waals surface area (Å²) in [6.07, 6.45) is 5.62. The fourth-order valence-electron chi connectivity index (χ4n) is 5.33. The molecule has 4 heterocycles. The summed E-state index contributed by atoms with van der Waals surface area (Å²) >= 11 is 7.82. The average Bonchev–Trinajstić information content (AvgIpc) is 3.54. The molecule has 0 amide bonds. The molecule has 0 aliphatic carbocycles. The summed E-state index contributed by atoms with van der Waals surface area (Å²) in [6.45, 7) is 11.3. The normalized spacial score (nSPS) is 13.5. The number of aromatic nitrogens is 3. The predicted octanol–water partition coefficient (Wildman–Crippen LogP) is 7.74. The van der Waals surface area contributed by atoms with Crippen molar-refractivity contribution in [3.63, 3.8) is 0 Å². The lowest BCUT2D eigenvalue weighted by molar-refractivity contribution is -0.142. The third-order valence-electron chi connectivity index (χ3n) is 7.23. The highest BCUT2D eigenvalue weighted by molar-refractivity contribution is 7.22. The minimum Gasteiger partial charge on any atom is -0.466 e. The Balaban J connectivity index is 0.000000712. The zero-order chi connectivity index (χ0) is 31.6. The van der Waals surface area contributed by atoms with Gasteiger partial charge in [-0.15, -0.1) is 11.3 Å². The van der Waals surface area contributed by atoms with Crippen LogP contribution in [0.5, 0.6) is 0 Å².